The predicted molar refractivity (Wildman–Crippen MR) is 53.1 cm³/mol. The van der Waals surface area contributed by atoms with Crippen molar-refractivity contribution in [1.82, 2.24) is 0 Å². The molecule has 0 aliphatic heterocycles. The van der Waals surface area contributed by atoms with Crippen molar-refractivity contribution in [2.75, 3.05) is 0 Å². The molecule has 0 aliphatic rings. The highest BCUT2D eigenvalue weighted by Crippen LogP contribution is 2.12. The molecule has 78 valence electrons. The zero-order chi connectivity index (χ0) is 11.3. The molecule has 1 rings (SSSR count). The second-order valence-corrected chi connectivity index (χ2v) is 3.13. The minimum atomic E-state index is -0.952. The summed E-state index contributed by atoms with van der Waals surface area (Å²) in [6.07, 6.45) is 5.41. The van der Waals surface area contributed by atoms with Crippen molar-refractivity contribution < 1.29 is 13.6 Å². The van der Waals surface area contributed by atoms with Crippen LogP contribution in [0.4, 0.5) is 8.78 Å². The molecule has 0 aliphatic carbocycles. The Kier molecular flexibility index (Phi) is 3.99. The van der Waals surface area contributed by atoms with Crippen molar-refractivity contribution in [3.63, 3.8) is 0 Å². The quantitative estimate of drug-likeness (QED) is 0.695. The number of Topliss-reactive ketones (excluding diaryl/α,β-unsaturated/α-hetero) is 1. The number of benzene rings is 1. The fourth-order valence-corrected chi connectivity index (χ4v) is 1.20. The fourth-order valence-electron chi connectivity index (χ4n) is 1.20. The van der Waals surface area contributed by atoms with E-state index in [0.717, 1.165) is 6.07 Å². The van der Waals surface area contributed by atoms with Gasteiger partial charge in [-0.3, -0.25) is 4.79 Å². The SMILES string of the molecule is C#CCCC(=O)Cc1cccc(F)c1F. The minimum absolute atomic E-state index is 0.0806. The molecule has 1 aromatic rings. The predicted octanol–water partition coefficient (Wildman–Crippen LogP) is 2.49. The Balaban J connectivity index is 2.69. The number of hydrogen-bond donors (Lipinski definition) is 0. The number of carbonyl (C=O) groups is 1. The highest BCUT2D eigenvalue weighted by Gasteiger charge is 2.10. The van der Waals surface area contributed by atoms with Crippen LogP contribution in [0.3, 0.4) is 0 Å². The van der Waals surface area contributed by atoms with Gasteiger partial charge in [-0.05, 0) is 11.6 Å². The van der Waals surface area contributed by atoms with Gasteiger partial charge in [0.15, 0.2) is 11.6 Å². The van der Waals surface area contributed by atoms with Crippen LogP contribution in [0.2, 0.25) is 0 Å². The summed E-state index contributed by atoms with van der Waals surface area (Å²) >= 11 is 0. The zero-order valence-corrected chi connectivity index (χ0v) is 8.09. The first-order chi connectivity index (χ1) is 7.15. The monoisotopic (exact) mass is 208 g/mol. The summed E-state index contributed by atoms with van der Waals surface area (Å²) in [5.74, 6) is 0.253. The van der Waals surface area contributed by atoms with E-state index in [4.69, 9.17) is 6.42 Å². The van der Waals surface area contributed by atoms with E-state index in [0.29, 0.717) is 6.42 Å². The topological polar surface area (TPSA) is 17.1 Å². The largest absolute Gasteiger partial charge is 0.299 e. The lowest BCUT2D eigenvalue weighted by Gasteiger charge is -2.02. The van der Waals surface area contributed by atoms with E-state index in [2.05, 4.69) is 5.92 Å². The summed E-state index contributed by atoms with van der Waals surface area (Å²) in [4.78, 5) is 11.3. The van der Waals surface area contributed by atoms with Gasteiger partial charge in [0.2, 0.25) is 0 Å². The van der Waals surface area contributed by atoms with Gasteiger partial charge in [0.05, 0.1) is 0 Å². The number of carbonyl (C=O) groups excluding carboxylic acids is 1. The average Bonchev–Trinajstić information content (AvgIpc) is 2.22. The molecule has 0 amide bonds. The van der Waals surface area contributed by atoms with Crippen LogP contribution in [0.5, 0.6) is 0 Å². The maximum Gasteiger partial charge on any atom is 0.162 e. The summed E-state index contributed by atoms with van der Waals surface area (Å²) in [5.41, 5.74) is 0.0806. The lowest BCUT2D eigenvalue weighted by molar-refractivity contribution is -0.118. The molecular formula is C12H10F2O. The fraction of sp³-hybridized carbons (Fsp3) is 0.250. The van der Waals surface area contributed by atoms with Crippen molar-refractivity contribution in [1.29, 1.82) is 0 Å². The zero-order valence-electron chi connectivity index (χ0n) is 8.09. The van der Waals surface area contributed by atoms with Gasteiger partial charge in [-0.25, -0.2) is 8.78 Å². The van der Waals surface area contributed by atoms with Crippen LogP contribution in [0, 0.1) is 24.0 Å². The molecule has 0 saturated heterocycles. The molecule has 15 heavy (non-hydrogen) atoms. The van der Waals surface area contributed by atoms with Gasteiger partial charge >= 0.3 is 0 Å². The Bertz CT molecular complexity index is 405. The van der Waals surface area contributed by atoms with E-state index in [-0.39, 0.29) is 24.2 Å². The molecule has 0 bridgehead atoms. The van der Waals surface area contributed by atoms with Crippen LogP contribution in [-0.4, -0.2) is 5.78 Å². The molecule has 0 unspecified atom stereocenters. The van der Waals surface area contributed by atoms with E-state index in [1.165, 1.54) is 12.1 Å². The molecule has 0 N–H and O–H groups in total. The first-order valence-electron chi connectivity index (χ1n) is 4.53. The van der Waals surface area contributed by atoms with Gasteiger partial charge in [0, 0.05) is 19.3 Å². The smallest absolute Gasteiger partial charge is 0.162 e. The second kappa shape index (κ2) is 5.26. The molecule has 0 radical (unpaired) electrons. The van der Waals surface area contributed by atoms with Gasteiger partial charge in [0.1, 0.15) is 5.78 Å². The Labute approximate surface area is 87.1 Å². The van der Waals surface area contributed by atoms with Crippen molar-refractivity contribution in [3.05, 3.63) is 35.4 Å². The van der Waals surface area contributed by atoms with Gasteiger partial charge in [0.25, 0.3) is 0 Å². The second-order valence-electron chi connectivity index (χ2n) is 3.13. The van der Waals surface area contributed by atoms with E-state index >= 15 is 0 Å². The van der Waals surface area contributed by atoms with Crippen molar-refractivity contribution in [2.24, 2.45) is 0 Å². The maximum absolute atomic E-state index is 13.1. The molecule has 0 atom stereocenters. The third-order valence-corrected chi connectivity index (χ3v) is 1.97. The van der Waals surface area contributed by atoms with Crippen molar-refractivity contribution in [3.8, 4) is 12.3 Å². The van der Waals surface area contributed by atoms with Gasteiger partial charge < -0.3 is 0 Å². The van der Waals surface area contributed by atoms with E-state index in [1.54, 1.807) is 0 Å². The lowest BCUT2D eigenvalue weighted by Crippen LogP contribution is -2.05. The highest BCUT2D eigenvalue weighted by atomic mass is 19.2. The summed E-state index contributed by atoms with van der Waals surface area (Å²) in [7, 11) is 0. The van der Waals surface area contributed by atoms with Crippen LogP contribution in [0.1, 0.15) is 18.4 Å². The molecule has 0 fully saturated rings. The van der Waals surface area contributed by atoms with Crippen molar-refractivity contribution >= 4 is 5.78 Å². The molecule has 1 aromatic carbocycles. The Morgan fingerprint density at radius 3 is 2.80 bits per heavy atom. The first-order valence-corrected chi connectivity index (χ1v) is 4.53. The van der Waals surface area contributed by atoms with Crippen LogP contribution < -0.4 is 0 Å². The summed E-state index contributed by atoms with van der Waals surface area (Å²) in [5, 5.41) is 0. The Morgan fingerprint density at radius 1 is 1.40 bits per heavy atom. The molecule has 0 spiro atoms. The highest BCUT2D eigenvalue weighted by molar-refractivity contribution is 5.81. The number of rotatable bonds is 4. The molecule has 3 heteroatoms. The van der Waals surface area contributed by atoms with Crippen LogP contribution in [-0.2, 0) is 11.2 Å². The van der Waals surface area contributed by atoms with Gasteiger partial charge in [-0.15, -0.1) is 12.3 Å². The maximum atomic E-state index is 13.1. The Morgan fingerprint density at radius 2 is 2.13 bits per heavy atom. The lowest BCUT2D eigenvalue weighted by atomic mass is 10.1. The number of terminal acetylenes is 1. The van der Waals surface area contributed by atoms with E-state index < -0.39 is 11.6 Å². The summed E-state index contributed by atoms with van der Waals surface area (Å²) in [6, 6.07) is 3.79. The molecular weight excluding hydrogens is 198 g/mol. The normalized spacial score (nSPS) is 9.67. The van der Waals surface area contributed by atoms with Crippen LogP contribution in [0.25, 0.3) is 0 Å². The third kappa shape index (κ3) is 3.17. The minimum Gasteiger partial charge on any atom is -0.299 e. The summed E-state index contributed by atoms with van der Waals surface area (Å²) < 4.78 is 25.9. The van der Waals surface area contributed by atoms with E-state index in [9.17, 15) is 13.6 Å². The summed E-state index contributed by atoms with van der Waals surface area (Å²) in [6.45, 7) is 0. The van der Waals surface area contributed by atoms with E-state index in [1.807, 2.05) is 0 Å². The third-order valence-electron chi connectivity index (χ3n) is 1.97. The molecule has 0 heterocycles. The average molecular weight is 208 g/mol. The number of hydrogen-bond acceptors (Lipinski definition) is 1. The molecule has 0 aromatic heterocycles. The molecule has 1 nitrogen and oxygen atoms in total. The van der Waals surface area contributed by atoms with Crippen LogP contribution >= 0.6 is 0 Å². The Hall–Kier alpha value is -1.69. The van der Waals surface area contributed by atoms with Gasteiger partial charge in [-0.1, -0.05) is 12.1 Å². The molecule has 0 saturated carbocycles. The van der Waals surface area contributed by atoms with Gasteiger partial charge in [-0.2, -0.15) is 0 Å². The first kappa shape index (κ1) is 11.4. The number of halogens is 2. The number of ketones is 1. The van der Waals surface area contributed by atoms with Crippen LogP contribution in [0.15, 0.2) is 18.2 Å². The standard InChI is InChI=1S/C12H10F2O/c1-2-3-6-10(15)8-9-5-4-7-11(13)12(9)14/h1,4-5,7H,3,6,8H2. The van der Waals surface area contributed by atoms with Crippen molar-refractivity contribution in [2.45, 2.75) is 19.3 Å².